The first kappa shape index (κ1) is 19.3. The number of nitrogens with zero attached hydrogens (tertiary/aromatic N) is 1. The average molecular weight is 375 g/mol. The lowest BCUT2D eigenvalue weighted by molar-refractivity contribution is -0.132. The molecule has 0 aliphatic heterocycles. The zero-order valence-corrected chi connectivity index (χ0v) is 15.6. The van der Waals surface area contributed by atoms with Crippen molar-refractivity contribution in [1.82, 2.24) is 4.57 Å². The van der Waals surface area contributed by atoms with E-state index < -0.39 is 5.97 Å². The Kier molecular flexibility index (Phi) is 5.84. The van der Waals surface area contributed by atoms with E-state index in [1.807, 2.05) is 42.6 Å². The summed E-state index contributed by atoms with van der Waals surface area (Å²) in [7, 11) is 1.60. The molecule has 0 spiro atoms. The number of phenolic OH excluding ortho intramolecular Hbond substituents is 1. The summed E-state index contributed by atoms with van der Waals surface area (Å²) in [5, 5.41) is 30.4. The van der Waals surface area contributed by atoms with Gasteiger partial charge in [0.25, 0.3) is 0 Å². The summed E-state index contributed by atoms with van der Waals surface area (Å²) in [5.41, 5.74) is 2.85. The maximum absolute atomic E-state index is 11.2. The number of anilines is 1. The fourth-order valence-corrected chi connectivity index (χ4v) is 3.22. The number of rotatable bonds is 7. The molecule has 1 heterocycles. The molecule has 0 aliphatic carbocycles. The van der Waals surface area contributed by atoms with E-state index in [0.29, 0.717) is 5.69 Å². The van der Waals surface area contributed by atoms with Crippen LogP contribution in [-0.2, 0) is 17.8 Å². The van der Waals surface area contributed by atoms with E-state index in [1.54, 1.807) is 20.0 Å². The number of hydrogen-bond acceptors (Lipinski definition) is 3. The van der Waals surface area contributed by atoms with E-state index >= 15 is 0 Å². The van der Waals surface area contributed by atoms with Crippen LogP contribution >= 0.6 is 0 Å². The molecular formula is C21H22BN3O3. The van der Waals surface area contributed by atoms with E-state index in [4.69, 9.17) is 5.41 Å². The number of aryl methyl sites for hydroxylation is 2. The van der Waals surface area contributed by atoms with Crippen LogP contribution in [0, 0.1) is 5.41 Å². The van der Waals surface area contributed by atoms with Crippen LogP contribution in [0.1, 0.15) is 12.0 Å². The van der Waals surface area contributed by atoms with E-state index in [1.165, 1.54) is 11.5 Å². The van der Waals surface area contributed by atoms with Gasteiger partial charge in [-0.25, -0.2) is 4.79 Å². The lowest BCUT2D eigenvalue weighted by Crippen LogP contribution is -2.19. The molecule has 0 fully saturated rings. The molecule has 0 saturated heterocycles. The first-order chi connectivity index (χ1) is 13.5. The van der Waals surface area contributed by atoms with Crippen LogP contribution in [-0.4, -0.2) is 34.4 Å². The van der Waals surface area contributed by atoms with Gasteiger partial charge >= 0.3 is 5.97 Å². The number of amidine groups is 1. The van der Waals surface area contributed by atoms with Gasteiger partial charge in [-0.3, -0.25) is 5.41 Å². The lowest BCUT2D eigenvalue weighted by Gasteiger charge is -2.11. The van der Waals surface area contributed by atoms with Crippen LogP contribution in [0.5, 0.6) is 5.75 Å². The lowest BCUT2D eigenvalue weighted by atomic mass is 10.0. The second kappa shape index (κ2) is 8.48. The zero-order chi connectivity index (χ0) is 20.1. The Morgan fingerprint density at radius 1 is 1.18 bits per heavy atom. The van der Waals surface area contributed by atoms with Crippen molar-refractivity contribution in [1.29, 1.82) is 5.41 Å². The molecule has 28 heavy (non-hydrogen) atoms. The van der Waals surface area contributed by atoms with Crippen molar-refractivity contribution in [3.05, 3.63) is 71.8 Å². The van der Waals surface area contributed by atoms with Crippen LogP contribution in [0.2, 0.25) is 0 Å². The fraction of sp³-hybridized carbons (Fsp3) is 0.143. The van der Waals surface area contributed by atoms with Crippen molar-refractivity contribution in [3.63, 3.8) is 0 Å². The third-order valence-electron chi connectivity index (χ3n) is 4.66. The molecule has 6 nitrogen and oxygen atoms in total. The number of aliphatic carboxylic acids is 1. The summed E-state index contributed by atoms with van der Waals surface area (Å²) in [4.78, 5) is 11.2. The van der Waals surface area contributed by atoms with Gasteiger partial charge in [-0.15, -0.1) is 5.98 Å². The smallest absolute Gasteiger partial charge is 0.338 e. The minimum absolute atomic E-state index is 0.0645. The number of aromatic hydroxyl groups is 1. The monoisotopic (exact) mass is 375 g/mol. The molecule has 3 rings (SSSR count). The minimum Gasteiger partial charge on any atom is -0.508 e. The van der Waals surface area contributed by atoms with Gasteiger partial charge in [0.05, 0.1) is 11.1 Å². The Hall–Kier alpha value is -3.48. The second-order valence-corrected chi connectivity index (χ2v) is 6.53. The molecule has 4 N–H and O–H groups in total. The molecule has 0 radical (unpaired) electrons. The first-order valence-electron chi connectivity index (χ1n) is 9.11. The number of benzene rings is 2. The van der Waals surface area contributed by atoms with Gasteiger partial charge in [0.15, 0.2) is 0 Å². The highest BCUT2D eigenvalue weighted by molar-refractivity contribution is 6.30. The highest BCUT2D eigenvalue weighted by Crippen LogP contribution is 2.25. The Balaban J connectivity index is 1.72. The van der Waals surface area contributed by atoms with Gasteiger partial charge in [-0.2, -0.15) is 0 Å². The summed E-state index contributed by atoms with van der Waals surface area (Å²) < 4.78 is 2.15. The van der Waals surface area contributed by atoms with E-state index in [2.05, 4.69) is 9.88 Å². The van der Waals surface area contributed by atoms with Crippen LogP contribution in [0.25, 0.3) is 10.9 Å². The van der Waals surface area contributed by atoms with E-state index in [9.17, 15) is 15.0 Å². The molecule has 0 amide bonds. The number of nitrogens with one attached hydrogen (secondary N) is 2. The molecule has 0 unspecified atom stereocenters. The number of aromatic nitrogens is 1. The number of hydrogen-bond donors (Lipinski definition) is 4. The number of fused-ring (bicyclic) bond motifs is 1. The fourth-order valence-electron chi connectivity index (χ4n) is 3.22. The normalized spacial score (nSPS) is 11.5. The summed E-state index contributed by atoms with van der Waals surface area (Å²) in [6, 6.07) is 15.0. The number of carbonyl (C=O) groups is 1. The average Bonchev–Trinajstić information content (AvgIpc) is 3.08. The van der Waals surface area contributed by atoms with Gasteiger partial charge in [-0.05, 0) is 48.7 Å². The SMILES string of the molecule is B/C=C(\C(=N)Nc1cccc2c1ccn2CCCc1ccc(O)cc1)C(=O)O. The van der Waals surface area contributed by atoms with Crippen molar-refractivity contribution < 1.29 is 15.0 Å². The molecule has 2 aromatic carbocycles. The summed E-state index contributed by atoms with van der Waals surface area (Å²) in [6.07, 6.45) is 3.86. The zero-order valence-electron chi connectivity index (χ0n) is 15.6. The summed E-state index contributed by atoms with van der Waals surface area (Å²) in [6.45, 7) is 0.834. The van der Waals surface area contributed by atoms with Crippen LogP contribution in [0.3, 0.4) is 0 Å². The Bertz CT molecular complexity index is 1040. The highest BCUT2D eigenvalue weighted by Gasteiger charge is 2.14. The van der Waals surface area contributed by atoms with E-state index in [-0.39, 0.29) is 17.2 Å². The van der Waals surface area contributed by atoms with Crippen molar-refractivity contribution >= 4 is 36.2 Å². The topological polar surface area (TPSA) is 98.3 Å². The van der Waals surface area contributed by atoms with Crippen LogP contribution in [0.15, 0.2) is 66.3 Å². The predicted molar refractivity (Wildman–Crippen MR) is 114 cm³/mol. The van der Waals surface area contributed by atoms with Crippen molar-refractivity contribution in [2.24, 2.45) is 0 Å². The molecule has 0 bridgehead atoms. The number of carboxylic acids is 1. The largest absolute Gasteiger partial charge is 0.508 e. The molecule has 7 heteroatoms. The summed E-state index contributed by atoms with van der Waals surface area (Å²) >= 11 is 0. The molecule has 0 aliphatic rings. The minimum atomic E-state index is -1.13. The molecule has 1 aromatic heterocycles. The van der Waals surface area contributed by atoms with E-state index in [0.717, 1.165) is 30.3 Å². The molecule has 0 atom stereocenters. The molecule has 3 aromatic rings. The van der Waals surface area contributed by atoms with Crippen LogP contribution < -0.4 is 5.32 Å². The molecule has 142 valence electrons. The van der Waals surface area contributed by atoms with Gasteiger partial charge in [0.1, 0.15) is 19.4 Å². The summed E-state index contributed by atoms with van der Waals surface area (Å²) in [5.74, 6) is 0.419. The van der Waals surface area contributed by atoms with Gasteiger partial charge in [-0.1, -0.05) is 18.2 Å². The Labute approximate surface area is 164 Å². The van der Waals surface area contributed by atoms with Crippen molar-refractivity contribution in [2.75, 3.05) is 5.32 Å². The predicted octanol–water partition coefficient (Wildman–Crippen LogP) is 2.97. The quantitative estimate of drug-likeness (QED) is 0.221. The van der Waals surface area contributed by atoms with Crippen molar-refractivity contribution in [2.45, 2.75) is 19.4 Å². The number of carboxylic acid groups (broad SMARTS) is 1. The third-order valence-corrected chi connectivity index (χ3v) is 4.66. The maximum Gasteiger partial charge on any atom is 0.338 e. The first-order valence-corrected chi connectivity index (χ1v) is 9.11. The van der Waals surface area contributed by atoms with Gasteiger partial charge < -0.3 is 20.1 Å². The number of phenols is 1. The Morgan fingerprint density at radius 3 is 2.61 bits per heavy atom. The second-order valence-electron chi connectivity index (χ2n) is 6.53. The maximum atomic E-state index is 11.2. The standard InChI is InChI=1S/C21H22BN3O3/c22-13-17(21(27)28)20(23)24-18-4-1-5-19-16(18)10-12-25(19)11-2-3-14-6-8-15(26)9-7-14/h1,4-10,12-13,26H,2-3,11,22H2,(H2,23,24)(H,27,28)/b17-13+. The molecular weight excluding hydrogens is 353 g/mol. The van der Waals surface area contributed by atoms with Gasteiger partial charge in [0.2, 0.25) is 0 Å². The van der Waals surface area contributed by atoms with Crippen molar-refractivity contribution in [3.8, 4) is 5.75 Å². The van der Waals surface area contributed by atoms with Crippen LogP contribution in [0.4, 0.5) is 5.69 Å². The molecule has 0 saturated carbocycles. The third kappa shape index (κ3) is 4.25. The van der Waals surface area contributed by atoms with Gasteiger partial charge in [0, 0.05) is 23.8 Å². The highest BCUT2D eigenvalue weighted by atomic mass is 16.4. The Morgan fingerprint density at radius 2 is 1.93 bits per heavy atom.